The number of carbonyl (C=O) groups is 1. The summed E-state index contributed by atoms with van der Waals surface area (Å²) >= 11 is 0. The van der Waals surface area contributed by atoms with Crippen LogP contribution in [-0.4, -0.2) is 49.1 Å². The second-order valence-electron chi connectivity index (χ2n) is 5.20. The minimum atomic E-state index is 0.0304. The van der Waals surface area contributed by atoms with Crippen LogP contribution in [0.2, 0.25) is 0 Å². The Bertz CT molecular complexity index is 620. The Morgan fingerprint density at radius 2 is 1.77 bits per heavy atom. The van der Waals surface area contributed by atoms with Gasteiger partial charge in [-0.3, -0.25) is 4.79 Å². The maximum atomic E-state index is 12.5. The summed E-state index contributed by atoms with van der Waals surface area (Å²) in [4.78, 5) is 20.7. The number of anilines is 1. The van der Waals surface area contributed by atoms with Crippen molar-refractivity contribution in [2.45, 2.75) is 0 Å². The maximum absolute atomic E-state index is 12.5. The number of para-hydroxylation sites is 1. The van der Waals surface area contributed by atoms with Crippen LogP contribution in [0.4, 0.5) is 5.69 Å². The van der Waals surface area contributed by atoms with Crippen molar-refractivity contribution in [1.29, 1.82) is 0 Å². The SMILES string of the molecule is COc1ccc(C(=O)N2CCN(c3ccccc3)CC2)cn1. The number of hydrogen-bond donors (Lipinski definition) is 0. The number of aromatic nitrogens is 1. The van der Waals surface area contributed by atoms with Gasteiger partial charge in [-0.25, -0.2) is 4.98 Å². The van der Waals surface area contributed by atoms with E-state index in [2.05, 4.69) is 22.0 Å². The largest absolute Gasteiger partial charge is 0.481 e. The first-order chi connectivity index (χ1) is 10.8. The van der Waals surface area contributed by atoms with Crippen molar-refractivity contribution in [3.05, 3.63) is 54.2 Å². The Labute approximate surface area is 130 Å². The zero-order valence-corrected chi connectivity index (χ0v) is 12.6. The summed E-state index contributed by atoms with van der Waals surface area (Å²) < 4.78 is 5.01. The molecular formula is C17H19N3O2. The minimum Gasteiger partial charge on any atom is -0.481 e. The Morgan fingerprint density at radius 3 is 2.36 bits per heavy atom. The van der Waals surface area contributed by atoms with E-state index in [0.717, 1.165) is 26.2 Å². The van der Waals surface area contributed by atoms with Gasteiger partial charge in [0.1, 0.15) is 0 Å². The van der Waals surface area contributed by atoms with Crippen LogP contribution in [0.1, 0.15) is 10.4 Å². The molecule has 22 heavy (non-hydrogen) atoms. The first-order valence-corrected chi connectivity index (χ1v) is 7.37. The van der Waals surface area contributed by atoms with E-state index in [1.807, 2.05) is 23.1 Å². The Morgan fingerprint density at radius 1 is 1.05 bits per heavy atom. The summed E-state index contributed by atoms with van der Waals surface area (Å²) in [5.41, 5.74) is 1.81. The van der Waals surface area contributed by atoms with E-state index in [1.165, 1.54) is 5.69 Å². The Kier molecular flexibility index (Phi) is 4.23. The summed E-state index contributed by atoms with van der Waals surface area (Å²) in [5.74, 6) is 0.549. The van der Waals surface area contributed by atoms with Crippen LogP contribution in [0, 0.1) is 0 Å². The predicted octanol–water partition coefficient (Wildman–Crippen LogP) is 2.05. The number of benzene rings is 1. The van der Waals surface area contributed by atoms with Crippen molar-refractivity contribution in [3.8, 4) is 5.88 Å². The fourth-order valence-electron chi connectivity index (χ4n) is 2.62. The molecule has 2 heterocycles. The topological polar surface area (TPSA) is 45.7 Å². The third-order valence-electron chi connectivity index (χ3n) is 3.88. The molecule has 0 bridgehead atoms. The predicted molar refractivity (Wildman–Crippen MR) is 85.3 cm³/mol. The highest BCUT2D eigenvalue weighted by Gasteiger charge is 2.22. The minimum absolute atomic E-state index is 0.0304. The van der Waals surface area contributed by atoms with E-state index in [-0.39, 0.29) is 5.91 Å². The molecule has 1 aliphatic rings. The molecule has 0 unspecified atom stereocenters. The van der Waals surface area contributed by atoms with Crippen molar-refractivity contribution in [2.24, 2.45) is 0 Å². The number of pyridine rings is 1. The zero-order chi connectivity index (χ0) is 15.4. The first kappa shape index (κ1) is 14.4. The number of carbonyl (C=O) groups excluding carboxylic acids is 1. The number of hydrogen-bond acceptors (Lipinski definition) is 4. The summed E-state index contributed by atoms with van der Waals surface area (Å²) in [6.45, 7) is 3.14. The summed E-state index contributed by atoms with van der Waals surface area (Å²) in [5, 5.41) is 0. The second kappa shape index (κ2) is 6.47. The lowest BCUT2D eigenvalue weighted by atomic mass is 10.2. The van der Waals surface area contributed by atoms with Gasteiger partial charge in [0, 0.05) is 44.1 Å². The van der Waals surface area contributed by atoms with Crippen molar-refractivity contribution in [2.75, 3.05) is 38.2 Å². The van der Waals surface area contributed by atoms with E-state index in [0.29, 0.717) is 11.4 Å². The van der Waals surface area contributed by atoms with Gasteiger partial charge in [-0.1, -0.05) is 18.2 Å². The van der Waals surface area contributed by atoms with E-state index in [4.69, 9.17) is 4.74 Å². The van der Waals surface area contributed by atoms with Gasteiger partial charge < -0.3 is 14.5 Å². The van der Waals surface area contributed by atoms with Gasteiger partial charge in [0.25, 0.3) is 5.91 Å². The number of rotatable bonds is 3. The Balaban J connectivity index is 1.62. The molecule has 0 N–H and O–H groups in total. The molecule has 0 aliphatic carbocycles. The van der Waals surface area contributed by atoms with Gasteiger partial charge in [0.2, 0.25) is 5.88 Å². The third-order valence-corrected chi connectivity index (χ3v) is 3.88. The van der Waals surface area contributed by atoms with Crippen LogP contribution in [0.25, 0.3) is 0 Å². The van der Waals surface area contributed by atoms with E-state index in [9.17, 15) is 4.79 Å². The molecule has 1 aromatic heterocycles. The summed E-state index contributed by atoms with van der Waals surface area (Å²) in [6.07, 6.45) is 1.57. The molecule has 3 rings (SSSR count). The van der Waals surface area contributed by atoms with Gasteiger partial charge in [-0.05, 0) is 18.2 Å². The van der Waals surface area contributed by atoms with Gasteiger partial charge in [-0.2, -0.15) is 0 Å². The molecule has 5 nitrogen and oxygen atoms in total. The molecule has 1 aromatic carbocycles. The lowest BCUT2D eigenvalue weighted by Crippen LogP contribution is -2.48. The maximum Gasteiger partial charge on any atom is 0.255 e. The summed E-state index contributed by atoms with van der Waals surface area (Å²) in [6, 6.07) is 13.8. The molecule has 1 fully saturated rings. The number of methoxy groups -OCH3 is 1. The third kappa shape index (κ3) is 3.03. The lowest BCUT2D eigenvalue weighted by molar-refractivity contribution is 0.0746. The van der Waals surface area contributed by atoms with Gasteiger partial charge in [0.05, 0.1) is 12.7 Å². The smallest absolute Gasteiger partial charge is 0.255 e. The fourth-order valence-corrected chi connectivity index (χ4v) is 2.62. The molecule has 2 aromatic rings. The van der Waals surface area contributed by atoms with E-state index >= 15 is 0 Å². The average Bonchev–Trinajstić information content (AvgIpc) is 2.62. The van der Waals surface area contributed by atoms with Gasteiger partial charge in [0.15, 0.2) is 0 Å². The van der Waals surface area contributed by atoms with Crippen LogP contribution in [0.3, 0.4) is 0 Å². The quantitative estimate of drug-likeness (QED) is 0.870. The zero-order valence-electron chi connectivity index (χ0n) is 12.6. The molecule has 1 saturated heterocycles. The van der Waals surface area contributed by atoms with Crippen molar-refractivity contribution < 1.29 is 9.53 Å². The molecule has 0 radical (unpaired) electrons. The highest BCUT2D eigenvalue weighted by Crippen LogP contribution is 2.17. The van der Waals surface area contributed by atoms with Crippen LogP contribution < -0.4 is 9.64 Å². The van der Waals surface area contributed by atoms with Crippen LogP contribution in [0.15, 0.2) is 48.7 Å². The number of ether oxygens (including phenoxy) is 1. The van der Waals surface area contributed by atoms with Crippen LogP contribution >= 0.6 is 0 Å². The number of amides is 1. The highest BCUT2D eigenvalue weighted by atomic mass is 16.5. The molecule has 0 atom stereocenters. The molecule has 0 spiro atoms. The molecule has 1 aliphatic heterocycles. The van der Waals surface area contributed by atoms with E-state index < -0.39 is 0 Å². The van der Waals surface area contributed by atoms with Crippen LogP contribution in [-0.2, 0) is 0 Å². The van der Waals surface area contributed by atoms with Crippen molar-refractivity contribution in [1.82, 2.24) is 9.88 Å². The van der Waals surface area contributed by atoms with E-state index in [1.54, 1.807) is 25.4 Å². The normalized spacial score (nSPS) is 14.8. The van der Waals surface area contributed by atoms with Gasteiger partial charge in [-0.15, -0.1) is 0 Å². The molecule has 5 heteroatoms. The monoisotopic (exact) mass is 297 g/mol. The second-order valence-corrected chi connectivity index (χ2v) is 5.20. The van der Waals surface area contributed by atoms with Crippen LogP contribution in [0.5, 0.6) is 5.88 Å². The standard InChI is InChI=1S/C17H19N3O2/c1-22-16-8-7-14(13-18-16)17(21)20-11-9-19(10-12-20)15-5-3-2-4-6-15/h2-8,13H,9-12H2,1H3. The number of nitrogens with zero attached hydrogens (tertiary/aromatic N) is 3. The van der Waals surface area contributed by atoms with Crippen molar-refractivity contribution in [3.63, 3.8) is 0 Å². The first-order valence-electron chi connectivity index (χ1n) is 7.37. The highest BCUT2D eigenvalue weighted by molar-refractivity contribution is 5.94. The molecule has 1 amide bonds. The summed E-state index contributed by atoms with van der Waals surface area (Å²) in [7, 11) is 1.56. The number of piperazine rings is 1. The van der Waals surface area contributed by atoms with Gasteiger partial charge >= 0.3 is 0 Å². The fraction of sp³-hybridized carbons (Fsp3) is 0.294. The molecule has 114 valence electrons. The average molecular weight is 297 g/mol. The lowest BCUT2D eigenvalue weighted by Gasteiger charge is -2.36. The van der Waals surface area contributed by atoms with Crippen molar-refractivity contribution >= 4 is 11.6 Å². The molecular weight excluding hydrogens is 278 g/mol. The molecule has 0 saturated carbocycles. The Hall–Kier alpha value is -2.56.